The van der Waals surface area contributed by atoms with Crippen molar-refractivity contribution in [3.8, 4) is 0 Å². The van der Waals surface area contributed by atoms with Crippen LogP contribution in [0.1, 0.15) is 39.0 Å². The second-order valence-corrected chi connectivity index (χ2v) is 4.39. The third-order valence-corrected chi connectivity index (χ3v) is 3.52. The fraction of sp³-hybridized carbons (Fsp3) is 0.818. The van der Waals surface area contributed by atoms with Crippen molar-refractivity contribution in [1.82, 2.24) is 4.90 Å². The van der Waals surface area contributed by atoms with Crippen molar-refractivity contribution in [3.63, 3.8) is 0 Å². The predicted octanol–water partition coefficient (Wildman–Crippen LogP) is 1.37. The third kappa shape index (κ3) is 1.56. The number of carbonyl (C=O) groups is 2. The van der Waals surface area contributed by atoms with Crippen LogP contribution in [-0.4, -0.2) is 29.2 Å². The zero-order chi connectivity index (χ0) is 10.1. The first-order valence-electron chi connectivity index (χ1n) is 5.50. The molecule has 1 aliphatic heterocycles. The lowest BCUT2D eigenvalue weighted by atomic mass is 9.95. The number of nitrogens with zero attached hydrogens (tertiary/aromatic N) is 1. The maximum atomic E-state index is 11.6. The van der Waals surface area contributed by atoms with Crippen LogP contribution in [0.25, 0.3) is 0 Å². The molecule has 1 heterocycles. The second kappa shape index (κ2) is 3.71. The van der Waals surface area contributed by atoms with E-state index >= 15 is 0 Å². The van der Waals surface area contributed by atoms with Crippen LogP contribution in [0, 0.1) is 5.92 Å². The molecule has 2 atom stereocenters. The average Bonchev–Trinajstić information content (AvgIpc) is 2.70. The van der Waals surface area contributed by atoms with E-state index < -0.39 is 0 Å². The molecule has 0 bridgehead atoms. The van der Waals surface area contributed by atoms with Crippen molar-refractivity contribution < 1.29 is 9.59 Å². The Labute approximate surface area is 84.5 Å². The van der Waals surface area contributed by atoms with Crippen LogP contribution in [0.3, 0.4) is 0 Å². The molecular formula is C11H17NO2. The van der Waals surface area contributed by atoms with Crippen LogP contribution in [0.4, 0.5) is 0 Å². The molecule has 0 aromatic rings. The summed E-state index contributed by atoms with van der Waals surface area (Å²) < 4.78 is 0. The highest BCUT2D eigenvalue weighted by molar-refractivity contribution is 5.84. The highest BCUT2D eigenvalue weighted by Crippen LogP contribution is 2.33. The molecule has 1 amide bonds. The first kappa shape index (κ1) is 9.69. The Morgan fingerprint density at radius 3 is 2.71 bits per heavy atom. The van der Waals surface area contributed by atoms with Crippen LogP contribution in [0.5, 0.6) is 0 Å². The molecule has 0 radical (unpaired) electrons. The minimum Gasteiger partial charge on any atom is -0.339 e. The van der Waals surface area contributed by atoms with E-state index in [0.717, 1.165) is 38.6 Å². The Kier molecular flexibility index (Phi) is 2.57. The van der Waals surface area contributed by atoms with Crippen molar-refractivity contribution >= 4 is 11.7 Å². The van der Waals surface area contributed by atoms with Gasteiger partial charge in [0.15, 0.2) is 0 Å². The number of hydrogen-bond acceptors (Lipinski definition) is 2. The molecule has 2 aliphatic rings. The Morgan fingerprint density at radius 2 is 2.14 bits per heavy atom. The molecule has 0 aromatic heterocycles. The van der Waals surface area contributed by atoms with Crippen molar-refractivity contribution in [2.24, 2.45) is 5.92 Å². The SMILES string of the molecule is CC(=O)N1CCCC1C1CCCC1=O. The summed E-state index contributed by atoms with van der Waals surface area (Å²) in [5.41, 5.74) is 0. The summed E-state index contributed by atoms with van der Waals surface area (Å²) in [4.78, 5) is 24.8. The van der Waals surface area contributed by atoms with Gasteiger partial charge in [-0.3, -0.25) is 9.59 Å². The highest BCUT2D eigenvalue weighted by atomic mass is 16.2. The minimum atomic E-state index is 0.132. The minimum absolute atomic E-state index is 0.132. The van der Waals surface area contributed by atoms with Gasteiger partial charge in [0.1, 0.15) is 5.78 Å². The average molecular weight is 195 g/mol. The molecule has 0 N–H and O–H groups in total. The summed E-state index contributed by atoms with van der Waals surface area (Å²) >= 11 is 0. The van der Waals surface area contributed by atoms with Gasteiger partial charge >= 0.3 is 0 Å². The Bertz CT molecular complexity index is 262. The van der Waals surface area contributed by atoms with Gasteiger partial charge in [-0.25, -0.2) is 0 Å². The lowest BCUT2D eigenvalue weighted by Gasteiger charge is -2.27. The van der Waals surface area contributed by atoms with Crippen LogP contribution in [0.2, 0.25) is 0 Å². The van der Waals surface area contributed by atoms with E-state index in [1.165, 1.54) is 0 Å². The van der Waals surface area contributed by atoms with Crippen molar-refractivity contribution in [2.75, 3.05) is 6.54 Å². The summed E-state index contributed by atoms with van der Waals surface area (Å²) in [5, 5.41) is 0. The third-order valence-electron chi connectivity index (χ3n) is 3.52. The van der Waals surface area contributed by atoms with Crippen LogP contribution < -0.4 is 0 Å². The normalized spacial score (nSPS) is 32.6. The molecule has 3 heteroatoms. The van der Waals surface area contributed by atoms with E-state index in [9.17, 15) is 9.59 Å². The molecule has 2 unspecified atom stereocenters. The fourth-order valence-corrected chi connectivity index (χ4v) is 2.85. The molecule has 0 spiro atoms. The number of carbonyl (C=O) groups excluding carboxylic acids is 2. The van der Waals surface area contributed by atoms with Gasteiger partial charge in [-0.2, -0.15) is 0 Å². The predicted molar refractivity (Wildman–Crippen MR) is 52.8 cm³/mol. The van der Waals surface area contributed by atoms with Crippen LogP contribution in [0.15, 0.2) is 0 Å². The van der Waals surface area contributed by atoms with Gasteiger partial charge in [0, 0.05) is 31.8 Å². The molecule has 1 saturated carbocycles. The largest absolute Gasteiger partial charge is 0.339 e. The monoisotopic (exact) mass is 195 g/mol. The summed E-state index contributed by atoms with van der Waals surface area (Å²) in [5.74, 6) is 0.664. The van der Waals surface area contributed by atoms with E-state index in [2.05, 4.69) is 0 Å². The van der Waals surface area contributed by atoms with Gasteiger partial charge in [0.25, 0.3) is 0 Å². The molecule has 1 aliphatic carbocycles. The maximum Gasteiger partial charge on any atom is 0.219 e. The summed E-state index contributed by atoms with van der Waals surface area (Å²) in [6, 6.07) is 0.225. The standard InChI is InChI=1S/C11H17NO2/c1-8(13)12-7-3-5-10(12)9-4-2-6-11(9)14/h9-10H,2-7H2,1H3. The van der Waals surface area contributed by atoms with E-state index in [1.807, 2.05) is 4.90 Å². The fourth-order valence-electron chi connectivity index (χ4n) is 2.85. The topological polar surface area (TPSA) is 37.4 Å². The molecule has 2 rings (SSSR count). The molecule has 78 valence electrons. The number of amides is 1. The maximum absolute atomic E-state index is 11.6. The molecule has 14 heavy (non-hydrogen) atoms. The van der Waals surface area contributed by atoms with E-state index in [4.69, 9.17) is 0 Å². The highest BCUT2D eigenvalue weighted by Gasteiger charge is 2.38. The summed E-state index contributed by atoms with van der Waals surface area (Å²) in [6.07, 6.45) is 4.83. The Balaban J connectivity index is 2.09. The van der Waals surface area contributed by atoms with Crippen LogP contribution in [-0.2, 0) is 9.59 Å². The second-order valence-electron chi connectivity index (χ2n) is 4.39. The quantitative estimate of drug-likeness (QED) is 0.633. The number of hydrogen-bond donors (Lipinski definition) is 0. The first-order chi connectivity index (χ1) is 6.70. The molecule has 2 fully saturated rings. The lowest BCUT2D eigenvalue weighted by molar-refractivity contribution is -0.132. The molecular weight excluding hydrogens is 178 g/mol. The van der Waals surface area contributed by atoms with Gasteiger partial charge in [-0.15, -0.1) is 0 Å². The zero-order valence-electron chi connectivity index (χ0n) is 8.66. The van der Waals surface area contributed by atoms with Gasteiger partial charge < -0.3 is 4.90 Å². The lowest BCUT2D eigenvalue weighted by Crippen LogP contribution is -2.40. The van der Waals surface area contributed by atoms with Crippen molar-refractivity contribution in [2.45, 2.75) is 45.1 Å². The van der Waals surface area contributed by atoms with Crippen LogP contribution >= 0.6 is 0 Å². The first-order valence-corrected chi connectivity index (χ1v) is 5.50. The van der Waals surface area contributed by atoms with E-state index in [0.29, 0.717) is 5.78 Å². The summed E-state index contributed by atoms with van der Waals surface area (Å²) in [7, 11) is 0. The van der Waals surface area contributed by atoms with Gasteiger partial charge in [0.2, 0.25) is 5.91 Å². The molecule has 3 nitrogen and oxygen atoms in total. The number of ketones is 1. The van der Waals surface area contributed by atoms with Crippen molar-refractivity contribution in [1.29, 1.82) is 0 Å². The zero-order valence-corrected chi connectivity index (χ0v) is 8.66. The smallest absolute Gasteiger partial charge is 0.219 e. The molecule has 1 saturated heterocycles. The van der Waals surface area contributed by atoms with Gasteiger partial charge in [-0.1, -0.05) is 0 Å². The van der Waals surface area contributed by atoms with Gasteiger partial charge in [-0.05, 0) is 25.7 Å². The van der Waals surface area contributed by atoms with Crippen molar-refractivity contribution in [3.05, 3.63) is 0 Å². The van der Waals surface area contributed by atoms with Gasteiger partial charge in [0.05, 0.1) is 0 Å². The van der Waals surface area contributed by atoms with E-state index in [-0.39, 0.29) is 17.9 Å². The van der Waals surface area contributed by atoms with E-state index in [1.54, 1.807) is 6.92 Å². The molecule has 0 aromatic carbocycles. The number of rotatable bonds is 1. The Hall–Kier alpha value is -0.860. The Morgan fingerprint density at radius 1 is 1.36 bits per heavy atom. The number of likely N-dealkylation sites (tertiary alicyclic amines) is 1. The number of Topliss-reactive ketones (excluding diaryl/α,β-unsaturated/α-hetero) is 1. The summed E-state index contributed by atoms with van der Waals surface area (Å²) in [6.45, 7) is 2.46.